The van der Waals surface area contributed by atoms with Crippen LogP contribution in [-0.2, 0) is 6.42 Å². The molecule has 0 aromatic heterocycles. The molecule has 2 rings (SSSR count). The lowest BCUT2D eigenvalue weighted by molar-refractivity contribution is 0.772. The SMILES string of the molecule is Cc1ccc2c(c1)CCCN2C(=N)N=C(N)N. The van der Waals surface area contributed by atoms with Gasteiger partial charge in [-0.1, -0.05) is 17.7 Å². The first-order valence-corrected chi connectivity index (χ1v) is 5.63. The van der Waals surface area contributed by atoms with Gasteiger partial charge in [-0.3, -0.25) is 5.41 Å². The first kappa shape index (κ1) is 11.4. The van der Waals surface area contributed by atoms with E-state index >= 15 is 0 Å². The second-order valence-corrected chi connectivity index (χ2v) is 4.25. The number of anilines is 1. The monoisotopic (exact) mass is 231 g/mol. The zero-order valence-electron chi connectivity index (χ0n) is 9.90. The highest BCUT2D eigenvalue weighted by Gasteiger charge is 2.19. The second kappa shape index (κ2) is 4.45. The first-order valence-electron chi connectivity index (χ1n) is 5.63. The van der Waals surface area contributed by atoms with Gasteiger partial charge in [-0.25, -0.2) is 0 Å². The van der Waals surface area contributed by atoms with Gasteiger partial charge in [0.25, 0.3) is 0 Å². The molecule has 17 heavy (non-hydrogen) atoms. The number of rotatable bonds is 0. The molecule has 0 saturated heterocycles. The van der Waals surface area contributed by atoms with Crippen LogP contribution in [0.1, 0.15) is 17.5 Å². The van der Waals surface area contributed by atoms with Gasteiger partial charge in [0, 0.05) is 12.2 Å². The maximum atomic E-state index is 7.88. The molecule has 0 amide bonds. The molecule has 1 aromatic rings. The molecular formula is C12H17N5. The molecule has 0 aliphatic carbocycles. The number of aliphatic imine (C=N–C) groups is 1. The molecule has 0 atom stereocenters. The van der Waals surface area contributed by atoms with Crippen molar-refractivity contribution >= 4 is 17.6 Å². The zero-order valence-corrected chi connectivity index (χ0v) is 9.90. The van der Waals surface area contributed by atoms with Gasteiger partial charge in [0.2, 0.25) is 5.96 Å². The minimum absolute atomic E-state index is 0.0748. The van der Waals surface area contributed by atoms with E-state index in [9.17, 15) is 0 Å². The van der Waals surface area contributed by atoms with Crippen LogP contribution in [0.3, 0.4) is 0 Å². The largest absolute Gasteiger partial charge is 0.370 e. The normalized spacial score (nSPS) is 14.1. The highest BCUT2D eigenvalue weighted by Crippen LogP contribution is 2.28. The molecule has 0 spiro atoms. The summed E-state index contributed by atoms with van der Waals surface area (Å²) in [7, 11) is 0. The molecule has 90 valence electrons. The Morgan fingerprint density at radius 3 is 2.88 bits per heavy atom. The minimum atomic E-state index is -0.0748. The molecular weight excluding hydrogens is 214 g/mol. The Labute approximate surface area is 101 Å². The average molecular weight is 231 g/mol. The van der Waals surface area contributed by atoms with Gasteiger partial charge < -0.3 is 16.4 Å². The van der Waals surface area contributed by atoms with Gasteiger partial charge in [0.15, 0.2) is 5.96 Å². The number of benzene rings is 1. The van der Waals surface area contributed by atoms with E-state index in [1.807, 2.05) is 17.0 Å². The minimum Gasteiger partial charge on any atom is -0.370 e. The number of fused-ring (bicyclic) bond motifs is 1. The number of aryl methyl sites for hydroxylation is 2. The Balaban J connectivity index is 2.35. The van der Waals surface area contributed by atoms with Gasteiger partial charge in [-0.05, 0) is 31.4 Å². The summed E-state index contributed by atoms with van der Waals surface area (Å²) in [4.78, 5) is 5.65. The van der Waals surface area contributed by atoms with Crippen LogP contribution in [0.25, 0.3) is 0 Å². The van der Waals surface area contributed by atoms with Crippen LogP contribution in [0.2, 0.25) is 0 Å². The zero-order chi connectivity index (χ0) is 12.4. The molecule has 1 heterocycles. The van der Waals surface area contributed by atoms with Crippen molar-refractivity contribution in [2.45, 2.75) is 19.8 Å². The van der Waals surface area contributed by atoms with E-state index in [0.717, 1.165) is 25.1 Å². The number of nitrogens with two attached hydrogens (primary N) is 2. The van der Waals surface area contributed by atoms with Gasteiger partial charge in [-0.15, -0.1) is 0 Å². The topological polar surface area (TPSA) is 91.5 Å². The van der Waals surface area contributed by atoms with E-state index in [1.165, 1.54) is 11.1 Å². The molecule has 5 nitrogen and oxygen atoms in total. The highest BCUT2D eigenvalue weighted by atomic mass is 15.3. The van der Waals surface area contributed by atoms with Crippen LogP contribution in [0.5, 0.6) is 0 Å². The number of hydrogen-bond donors (Lipinski definition) is 3. The quantitative estimate of drug-likeness (QED) is 0.458. The molecule has 0 bridgehead atoms. The summed E-state index contributed by atoms with van der Waals surface area (Å²) >= 11 is 0. The third kappa shape index (κ3) is 2.38. The summed E-state index contributed by atoms with van der Waals surface area (Å²) < 4.78 is 0. The summed E-state index contributed by atoms with van der Waals surface area (Å²) in [5.41, 5.74) is 14.1. The fraction of sp³-hybridized carbons (Fsp3) is 0.333. The molecule has 0 radical (unpaired) electrons. The molecule has 0 unspecified atom stereocenters. The maximum absolute atomic E-state index is 7.88. The van der Waals surface area contributed by atoms with Crippen molar-refractivity contribution in [3.05, 3.63) is 29.3 Å². The number of nitrogens with zero attached hydrogens (tertiary/aromatic N) is 2. The Bertz CT molecular complexity index is 474. The molecule has 1 aliphatic heterocycles. The molecule has 1 aliphatic rings. The van der Waals surface area contributed by atoms with E-state index < -0.39 is 0 Å². The number of hydrogen-bond acceptors (Lipinski definition) is 1. The molecule has 5 N–H and O–H groups in total. The van der Waals surface area contributed by atoms with Crippen LogP contribution < -0.4 is 16.4 Å². The van der Waals surface area contributed by atoms with Crippen molar-refractivity contribution in [3.63, 3.8) is 0 Å². The summed E-state index contributed by atoms with van der Waals surface area (Å²) in [6.07, 6.45) is 2.06. The Kier molecular flexibility index (Phi) is 2.99. The predicted molar refractivity (Wildman–Crippen MR) is 70.4 cm³/mol. The van der Waals surface area contributed by atoms with Crippen molar-refractivity contribution in [1.82, 2.24) is 0 Å². The molecule has 0 fully saturated rings. The summed E-state index contributed by atoms with van der Waals surface area (Å²) in [5, 5.41) is 7.88. The van der Waals surface area contributed by atoms with Crippen molar-refractivity contribution in [3.8, 4) is 0 Å². The molecule has 5 heteroatoms. The summed E-state index contributed by atoms with van der Waals surface area (Å²) in [6.45, 7) is 2.85. The second-order valence-electron chi connectivity index (χ2n) is 4.25. The van der Waals surface area contributed by atoms with E-state index in [4.69, 9.17) is 16.9 Å². The standard InChI is InChI=1S/C12H17N5/c1-8-4-5-10-9(7-8)3-2-6-17(10)12(15)16-11(13)14/h4-5,7H,2-3,6H2,1H3,(H5,13,14,15,16). The van der Waals surface area contributed by atoms with Gasteiger partial charge >= 0.3 is 0 Å². The van der Waals surface area contributed by atoms with Gasteiger partial charge in [0.05, 0.1) is 0 Å². The van der Waals surface area contributed by atoms with Crippen LogP contribution >= 0.6 is 0 Å². The fourth-order valence-corrected chi connectivity index (χ4v) is 2.13. The molecule has 1 aromatic carbocycles. The van der Waals surface area contributed by atoms with Crippen LogP contribution in [0.15, 0.2) is 23.2 Å². The van der Waals surface area contributed by atoms with E-state index in [-0.39, 0.29) is 11.9 Å². The van der Waals surface area contributed by atoms with Crippen molar-refractivity contribution in [2.75, 3.05) is 11.4 Å². The summed E-state index contributed by atoms with van der Waals surface area (Å²) in [5.74, 6) is 0.0315. The van der Waals surface area contributed by atoms with Crippen LogP contribution in [0.4, 0.5) is 5.69 Å². The van der Waals surface area contributed by atoms with Crippen LogP contribution in [-0.4, -0.2) is 18.5 Å². The van der Waals surface area contributed by atoms with Crippen molar-refractivity contribution < 1.29 is 0 Å². The number of nitrogens with one attached hydrogen (secondary N) is 1. The van der Waals surface area contributed by atoms with Crippen molar-refractivity contribution in [2.24, 2.45) is 16.5 Å². The lowest BCUT2D eigenvalue weighted by Crippen LogP contribution is -2.36. The van der Waals surface area contributed by atoms with Gasteiger partial charge in [-0.2, -0.15) is 4.99 Å². The van der Waals surface area contributed by atoms with E-state index in [1.54, 1.807) is 0 Å². The van der Waals surface area contributed by atoms with Crippen molar-refractivity contribution in [1.29, 1.82) is 5.41 Å². The third-order valence-corrected chi connectivity index (χ3v) is 2.84. The smallest absolute Gasteiger partial charge is 0.225 e. The van der Waals surface area contributed by atoms with Crippen LogP contribution in [0, 0.1) is 12.3 Å². The van der Waals surface area contributed by atoms with Gasteiger partial charge in [0.1, 0.15) is 0 Å². The first-order chi connectivity index (χ1) is 8.08. The Morgan fingerprint density at radius 2 is 2.18 bits per heavy atom. The predicted octanol–water partition coefficient (Wildman–Crippen LogP) is 0.956. The highest BCUT2D eigenvalue weighted by molar-refractivity contribution is 6.01. The third-order valence-electron chi connectivity index (χ3n) is 2.84. The Morgan fingerprint density at radius 1 is 1.41 bits per heavy atom. The maximum Gasteiger partial charge on any atom is 0.225 e. The Hall–Kier alpha value is -2.04. The summed E-state index contributed by atoms with van der Waals surface area (Å²) in [6, 6.07) is 6.23. The fourth-order valence-electron chi connectivity index (χ4n) is 2.13. The lowest BCUT2D eigenvalue weighted by Gasteiger charge is -2.29. The van der Waals surface area contributed by atoms with E-state index in [0.29, 0.717) is 0 Å². The molecule has 0 saturated carbocycles. The lowest BCUT2D eigenvalue weighted by atomic mass is 10.00. The number of guanidine groups is 2. The average Bonchev–Trinajstić information content (AvgIpc) is 2.26. The van der Waals surface area contributed by atoms with E-state index in [2.05, 4.69) is 18.0 Å².